The third kappa shape index (κ3) is 4.65. The molecule has 0 atom stereocenters. The van der Waals surface area contributed by atoms with Crippen LogP contribution in [0, 0.1) is 0 Å². The van der Waals surface area contributed by atoms with E-state index in [0.717, 1.165) is 7.11 Å². The number of phenols is 2. The zero-order valence-corrected chi connectivity index (χ0v) is 17.3. The molecule has 0 bridgehead atoms. The lowest BCUT2D eigenvalue weighted by Crippen LogP contribution is -2.55. The first-order chi connectivity index (χ1) is 14.7. The summed E-state index contributed by atoms with van der Waals surface area (Å²) in [5.74, 6) is -0.915. The van der Waals surface area contributed by atoms with E-state index in [9.17, 15) is 24.6 Å². The van der Waals surface area contributed by atoms with Crippen molar-refractivity contribution in [1.82, 2.24) is 9.58 Å². The first kappa shape index (κ1) is 21.8. The summed E-state index contributed by atoms with van der Waals surface area (Å²) in [5.41, 5.74) is -0.0180. The maximum atomic E-state index is 13.1. The average Bonchev–Trinajstić information content (AvgIpc) is 2.70. The molecule has 3 rings (SSSR count). The van der Waals surface area contributed by atoms with Gasteiger partial charge in [-0.2, -0.15) is 0 Å². The second-order valence-electron chi connectivity index (χ2n) is 7.10. The molecule has 0 aliphatic carbocycles. The minimum atomic E-state index is -0.995. The van der Waals surface area contributed by atoms with E-state index in [1.54, 1.807) is 5.01 Å². The Balaban J connectivity index is 2.01. The molecular formula is C20H23N3O8. The molecule has 0 spiro atoms. The summed E-state index contributed by atoms with van der Waals surface area (Å²) in [6.07, 6.45) is 0.439. The lowest BCUT2D eigenvalue weighted by atomic mass is 10.2. The SMILES string of the molecule is COC(=O)OCOc1c2n(ccc1=O)N(Cc1cc(O)cc(O)c1)CN(C(C)C)C2=O. The number of amides is 1. The number of phenolic OH excluding ortho intramolecular Hbond substituents is 2. The van der Waals surface area contributed by atoms with E-state index in [4.69, 9.17) is 4.74 Å². The van der Waals surface area contributed by atoms with E-state index >= 15 is 0 Å². The maximum Gasteiger partial charge on any atom is 0.510 e. The first-order valence-corrected chi connectivity index (χ1v) is 9.38. The number of carbonyl (C=O) groups excluding carboxylic acids is 2. The molecule has 1 aliphatic rings. The van der Waals surface area contributed by atoms with Crippen LogP contribution in [0.15, 0.2) is 35.3 Å². The number of fused-ring (bicyclic) bond motifs is 1. The number of nitrogens with zero attached hydrogens (tertiary/aromatic N) is 3. The van der Waals surface area contributed by atoms with Crippen molar-refractivity contribution in [3.05, 3.63) is 51.9 Å². The third-order valence-corrected chi connectivity index (χ3v) is 4.62. The monoisotopic (exact) mass is 433 g/mol. The Morgan fingerprint density at radius 3 is 2.45 bits per heavy atom. The summed E-state index contributed by atoms with van der Waals surface area (Å²) in [6, 6.07) is 5.21. The topological polar surface area (TPSA) is 131 Å². The number of pyridine rings is 1. The molecule has 0 unspecified atom stereocenters. The molecule has 1 aromatic carbocycles. The van der Waals surface area contributed by atoms with Gasteiger partial charge in [-0.25, -0.2) is 4.79 Å². The molecule has 0 radical (unpaired) electrons. The minimum absolute atomic E-state index is 0.0368. The second-order valence-corrected chi connectivity index (χ2v) is 7.10. The van der Waals surface area contributed by atoms with Crippen molar-refractivity contribution < 1.29 is 34.0 Å². The predicted octanol–water partition coefficient (Wildman–Crippen LogP) is 1.34. The molecule has 2 N–H and O–H groups in total. The van der Waals surface area contributed by atoms with Crippen LogP contribution >= 0.6 is 0 Å². The molecule has 166 valence electrons. The fourth-order valence-corrected chi connectivity index (χ4v) is 3.20. The quantitative estimate of drug-likeness (QED) is 0.512. The average molecular weight is 433 g/mol. The van der Waals surface area contributed by atoms with Crippen LogP contribution in [0.2, 0.25) is 0 Å². The van der Waals surface area contributed by atoms with E-state index in [1.807, 2.05) is 13.8 Å². The van der Waals surface area contributed by atoms with Gasteiger partial charge in [-0.1, -0.05) is 0 Å². The number of hydrogen-bond donors (Lipinski definition) is 2. The summed E-state index contributed by atoms with van der Waals surface area (Å²) in [5, 5.41) is 21.3. The summed E-state index contributed by atoms with van der Waals surface area (Å²) in [7, 11) is 1.13. The van der Waals surface area contributed by atoms with Gasteiger partial charge in [0.25, 0.3) is 5.91 Å². The van der Waals surface area contributed by atoms with Crippen LogP contribution < -0.4 is 15.2 Å². The smallest absolute Gasteiger partial charge is 0.508 e. The highest BCUT2D eigenvalue weighted by atomic mass is 16.8. The van der Waals surface area contributed by atoms with Gasteiger partial charge < -0.3 is 29.3 Å². The van der Waals surface area contributed by atoms with Gasteiger partial charge in [0.15, 0.2) is 5.69 Å². The Hall–Kier alpha value is -3.89. The number of methoxy groups -OCH3 is 1. The highest BCUT2D eigenvalue weighted by Gasteiger charge is 2.34. The molecule has 1 aliphatic heterocycles. The number of rotatable bonds is 6. The van der Waals surface area contributed by atoms with Gasteiger partial charge in [0, 0.05) is 24.4 Å². The van der Waals surface area contributed by atoms with Gasteiger partial charge in [0.05, 0.1) is 13.7 Å². The summed E-state index contributed by atoms with van der Waals surface area (Å²) < 4.78 is 15.8. The maximum absolute atomic E-state index is 13.1. The molecule has 0 saturated heterocycles. The third-order valence-electron chi connectivity index (χ3n) is 4.62. The van der Waals surface area contributed by atoms with Crippen molar-refractivity contribution in [1.29, 1.82) is 0 Å². The van der Waals surface area contributed by atoms with Crippen LogP contribution in [-0.2, 0) is 16.0 Å². The molecule has 11 nitrogen and oxygen atoms in total. The molecule has 31 heavy (non-hydrogen) atoms. The number of carbonyl (C=O) groups is 2. The summed E-state index contributed by atoms with van der Waals surface area (Å²) in [6.45, 7) is 3.42. The number of hydrogen-bond acceptors (Lipinski definition) is 9. The molecule has 0 saturated carbocycles. The fourth-order valence-electron chi connectivity index (χ4n) is 3.20. The van der Waals surface area contributed by atoms with Crippen molar-refractivity contribution in [3.63, 3.8) is 0 Å². The zero-order valence-electron chi connectivity index (χ0n) is 17.3. The Kier molecular flexibility index (Phi) is 6.23. The van der Waals surface area contributed by atoms with Crippen LogP contribution in [-0.4, -0.2) is 58.5 Å². The van der Waals surface area contributed by atoms with Gasteiger partial charge in [-0.3, -0.25) is 19.3 Å². The lowest BCUT2D eigenvalue weighted by Gasteiger charge is -2.41. The van der Waals surface area contributed by atoms with E-state index in [0.29, 0.717) is 5.56 Å². The van der Waals surface area contributed by atoms with Crippen LogP contribution in [0.25, 0.3) is 0 Å². The van der Waals surface area contributed by atoms with Crippen molar-refractivity contribution in [3.8, 4) is 17.2 Å². The Labute approximate surface area is 177 Å². The van der Waals surface area contributed by atoms with E-state index < -0.39 is 24.3 Å². The Bertz CT molecular complexity index is 1030. The van der Waals surface area contributed by atoms with Crippen molar-refractivity contribution in [2.45, 2.75) is 26.4 Å². The predicted molar refractivity (Wildman–Crippen MR) is 108 cm³/mol. The zero-order chi connectivity index (χ0) is 22.7. The number of aromatic nitrogens is 1. The van der Waals surface area contributed by atoms with Crippen LogP contribution in [0.3, 0.4) is 0 Å². The van der Waals surface area contributed by atoms with Gasteiger partial charge >= 0.3 is 6.16 Å². The van der Waals surface area contributed by atoms with Crippen molar-refractivity contribution in [2.24, 2.45) is 0 Å². The van der Waals surface area contributed by atoms with Gasteiger partial charge in [0.2, 0.25) is 18.0 Å². The van der Waals surface area contributed by atoms with Crippen LogP contribution in [0.5, 0.6) is 17.2 Å². The number of benzene rings is 1. The van der Waals surface area contributed by atoms with Crippen LogP contribution in [0.1, 0.15) is 29.9 Å². The normalized spacial score (nSPS) is 13.2. The molecule has 2 heterocycles. The van der Waals surface area contributed by atoms with E-state index in [1.165, 1.54) is 40.0 Å². The Morgan fingerprint density at radius 1 is 1.16 bits per heavy atom. The molecule has 1 amide bonds. The van der Waals surface area contributed by atoms with Crippen molar-refractivity contribution in [2.75, 3.05) is 25.6 Å². The molecular weight excluding hydrogens is 410 g/mol. The van der Waals surface area contributed by atoms with Crippen molar-refractivity contribution >= 4 is 12.1 Å². The highest BCUT2D eigenvalue weighted by Crippen LogP contribution is 2.26. The number of ether oxygens (including phenoxy) is 3. The van der Waals surface area contributed by atoms with Crippen LogP contribution in [0.4, 0.5) is 4.79 Å². The first-order valence-electron chi connectivity index (χ1n) is 9.38. The second kappa shape index (κ2) is 8.86. The van der Waals surface area contributed by atoms with Gasteiger partial charge in [-0.05, 0) is 31.5 Å². The minimum Gasteiger partial charge on any atom is -0.508 e. The summed E-state index contributed by atoms with van der Waals surface area (Å²) >= 11 is 0. The van der Waals surface area contributed by atoms with Gasteiger partial charge in [0.1, 0.15) is 18.2 Å². The van der Waals surface area contributed by atoms with E-state index in [2.05, 4.69) is 9.47 Å². The Morgan fingerprint density at radius 2 is 1.84 bits per heavy atom. The fraction of sp³-hybridized carbons (Fsp3) is 0.350. The summed E-state index contributed by atoms with van der Waals surface area (Å²) in [4.78, 5) is 38.3. The highest BCUT2D eigenvalue weighted by molar-refractivity contribution is 5.96. The number of aromatic hydroxyl groups is 2. The van der Waals surface area contributed by atoms with E-state index in [-0.39, 0.29) is 42.2 Å². The molecule has 0 fully saturated rings. The standard InChI is InChI=1S/C20H23N3O8/c1-12(2)22-10-21(9-13-6-14(24)8-15(25)7-13)23-5-4-16(26)18(17(23)19(22)27)30-11-31-20(28)29-3/h4-8,12,24-25H,9-11H2,1-3H3. The molecule has 2 aromatic rings. The lowest BCUT2D eigenvalue weighted by molar-refractivity contribution is 0.0133. The molecule has 1 aromatic heterocycles. The molecule has 11 heteroatoms. The van der Waals surface area contributed by atoms with Gasteiger partial charge in [-0.15, -0.1) is 0 Å². The largest absolute Gasteiger partial charge is 0.510 e.